The molecule has 2 fully saturated rings. The number of hydrogen-bond acceptors (Lipinski definition) is 4. The molecule has 1 aromatic rings. The maximum atomic E-state index is 13.1. The zero-order valence-corrected chi connectivity index (χ0v) is 14.9. The predicted molar refractivity (Wildman–Crippen MR) is 91.0 cm³/mol. The van der Waals surface area contributed by atoms with Crippen molar-refractivity contribution in [3.63, 3.8) is 0 Å². The molecule has 1 amide bonds. The van der Waals surface area contributed by atoms with Gasteiger partial charge in [0.2, 0.25) is 5.91 Å². The third-order valence-electron chi connectivity index (χ3n) is 5.20. The van der Waals surface area contributed by atoms with Gasteiger partial charge in [-0.05, 0) is 45.6 Å². The van der Waals surface area contributed by atoms with E-state index < -0.39 is 11.9 Å². The van der Waals surface area contributed by atoms with E-state index in [1.807, 2.05) is 10.7 Å². The summed E-state index contributed by atoms with van der Waals surface area (Å²) in [5, 5.41) is 13.6. The fourth-order valence-electron chi connectivity index (χ4n) is 3.92. The Morgan fingerprint density at radius 3 is 2.84 bits per heavy atom. The molecule has 3 atom stereocenters. The topological polar surface area (TPSA) is 84.7 Å². The molecule has 0 saturated carbocycles. The molecule has 0 bridgehead atoms. The van der Waals surface area contributed by atoms with Crippen molar-refractivity contribution in [2.24, 2.45) is 11.8 Å². The van der Waals surface area contributed by atoms with Crippen molar-refractivity contribution < 1.29 is 19.4 Å². The molecular weight excluding hydrogens is 322 g/mol. The number of ether oxygens (including phenoxy) is 1. The molecule has 7 heteroatoms. The van der Waals surface area contributed by atoms with E-state index in [1.54, 1.807) is 11.1 Å². The summed E-state index contributed by atoms with van der Waals surface area (Å²) in [7, 11) is 0. The van der Waals surface area contributed by atoms with Crippen LogP contribution in [0.15, 0.2) is 12.3 Å². The van der Waals surface area contributed by atoms with E-state index in [9.17, 15) is 14.7 Å². The molecule has 0 aliphatic carbocycles. The van der Waals surface area contributed by atoms with E-state index >= 15 is 0 Å². The van der Waals surface area contributed by atoms with Gasteiger partial charge in [0.15, 0.2) is 0 Å². The van der Waals surface area contributed by atoms with Gasteiger partial charge in [0.05, 0.1) is 17.5 Å². The molecule has 0 aromatic carbocycles. The van der Waals surface area contributed by atoms with E-state index in [4.69, 9.17) is 4.74 Å². The third-order valence-corrected chi connectivity index (χ3v) is 5.20. The molecule has 2 aliphatic rings. The van der Waals surface area contributed by atoms with E-state index in [1.165, 1.54) is 0 Å². The molecule has 3 rings (SSSR count). The average molecular weight is 349 g/mol. The Bertz CT molecular complexity index is 628. The van der Waals surface area contributed by atoms with Crippen molar-refractivity contribution in [2.45, 2.75) is 51.7 Å². The minimum Gasteiger partial charge on any atom is -0.481 e. The Morgan fingerprint density at radius 2 is 2.12 bits per heavy atom. The van der Waals surface area contributed by atoms with Crippen molar-refractivity contribution in [1.29, 1.82) is 0 Å². The van der Waals surface area contributed by atoms with Crippen LogP contribution in [-0.4, -0.2) is 51.4 Å². The molecule has 25 heavy (non-hydrogen) atoms. The normalized spacial score (nSPS) is 27.5. The molecule has 2 aliphatic heterocycles. The highest BCUT2D eigenvalue weighted by Crippen LogP contribution is 2.36. The van der Waals surface area contributed by atoms with Gasteiger partial charge in [-0.25, -0.2) is 0 Å². The van der Waals surface area contributed by atoms with Gasteiger partial charge >= 0.3 is 5.97 Å². The predicted octanol–water partition coefficient (Wildman–Crippen LogP) is 2.25. The van der Waals surface area contributed by atoms with Gasteiger partial charge in [-0.3, -0.25) is 14.3 Å². The summed E-state index contributed by atoms with van der Waals surface area (Å²) < 4.78 is 7.90. The molecule has 1 aromatic heterocycles. The Kier molecular flexibility index (Phi) is 5.42. The molecule has 1 N–H and O–H groups in total. The largest absolute Gasteiger partial charge is 0.481 e. The highest BCUT2D eigenvalue weighted by atomic mass is 16.5. The number of likely N-dealkylation sites (tertiary alicyclic amines) is 1. The fraction of sp³-hybridized carbons (Fsp3) is 0.722. The maximum Gasteiger partial charge on any atom is 0.308 e. The standard InChI is InChI=1S/C18H27N3O4/c1-12(2)21-15(7-8-19-21)16-14(6-4-10-25-16)17(22)20-9-3-5-13(11-20)18(23)24/h7-8,12-14,16H,3-6,9-11H2,1-2H3,(H,23,24)/t13?,14-,16-/m1/s1. The van der Waals surface area contributed by atoms with E-state index in [2.05, 4.69) is 18.9 Å². The lowest BCUT2D eigenvalue weighted by atomic mass is 9.89. The van der Waals surface area contributed by atoms with Crippen LogP contribution in [0, 0.1) is 11.8 Å². The van der Waals surface area contributed by atoms with Gasteiger partial charge in [-0.1, -0.05) is 0 Å². The number of piperidine rings is 1. The van der Waals surface area contributed by atoms with Crippen molar-refractivity contribution in [3.8, 4) is 0 Å². The Morgan fingerprint density at radius 1 is 1.32 bits per heavy atom. The van der Waals surface area contributed by atoms with Crippen LogP contribution in [0.1, 0.15) is 57.4 Å². The molecule has 7 nitrogen and oxygen atoms in total. The summed E-state index contributed by atoms with van der Waals surface area (Å²) in [6.07, 6.45) is 4.43. The van der Waals surface area contributed by atoms with Crippen LogP contribution >= 0.6 is 0 Å². The number of carboxylic acids is 1. The molecule has 0 spiro atoms. The van der Waals surface area contributed by atoms with Gasteiger partial charge in [-0.15, -0.1) is 0 Å². The van der Waals surface area contributed by atoms with Crippen LogP contribution < -0.4 is 0 Å². The molecule has 138 valence electrons. The third kappa shape index (κ3) is 3.71. The van der Waals surface area contributed by atoms with Gasteiger partial charge in [0.25, 0.3) is 0 Å². The molecule has 1 unspecified atom stereocenters. The van der Waals surface area contributed by atoms with Crippen LogP contribution in [0.25, 0.3) is 0 Å². The first-order valence-corrected chi connectivity index (χ1v) is 9.15. The highest BCUT2D eigenvalue weighted by Gasteiger charge is 2.39. The Labute approximate surface area is 147 Å². The molecule has 3 heterocycles. The number of aliphatic carboxylic acids is 1. The first-order chi connectivity index (χ1) is 12.0. The average Bonchev–Trinajstić information content (AvgIpc) is 3.11. The van der Waals surface area contributed by atoms with Crippen molar-refractivity contribution in [2.75, 3.05) is 19.7 Å². The summed E-state index contributed by atoms with van der Waals surface area (Å²) >= 11 is 0. The number of amides is 1. The highest BCUT2D eigenvalue weighted by molar-refractivity contribution is 5.81. The monoisotopic (exact) mass is 349 g/mol. The smallest absolute Gasteiger partial charge is 0.308 e. The van der Waals surface area contributed by atoms with Gasteiger partial charge in [0, 0.05) is 31.9 Å². The maximum absolute atomic E-state index is 13.1. The van der Waals surface area contributed by atoms with Crippen molar-refractivity contribution in [3.05, 3.63) is 18.0 Å². The fourth-order valence-corrected chi connectivity index (χ4v) is 3.92. The summed E-state index contributed by atoms with van der Waals surface area (Å²) in [6, 6.07) is 2.12. The summed E-state index contributed by atoms with van der Waals surface area (Å²) in [5.74, 6) is -1.52. The summed E-state index contributed by atoms with van der Waals surface area (Å²) in [5.41, 5.74) is 0.930. The van der Waals surface area contributed by atoms with E-state index in [0.29, 0.717) is 26.1 Å². The van der Waals surface area contributed by atoms with Crippen LogP contribution in [0.2, 0.25) is 0 Å². The second-order valence-electron chi connectivity index (χ2n) is 7.30. The second-order valence-corrected chi connectivity index (χ2v) is 7.30. The summed E-state index contributed by atoms with van der Waals surface area (Å²) in [6.45, 7) is 5.68. The first-order valence-electron chi connectivity index (χ1n) is 9.15. The van der Waals surface area contributed by atoms with Crippen LogP contribution in [0.5, 0.6) is 0 Å². The number of aromatic nitrogens is 2. The second kappa shape index (κ2) is 7.56. The van der Waals surface area contributed by atoms with Crippen LogP contribution in [-0.2, 0) is 14.3 Å². The van der Waals surface area contributed by atoms with Crippen molar-refractivity contribution >= 4 is 11.9 Å². The van der Waals surface area contributed by atoms with Crippen LogP contribution in [0.4, 0.5) is 0 Å². The van der Waals surface area contributed by atoms with Gasteiger partial charge < -0.3 is 14.7 Å². The molecular formula is C18H27N3O4. The minimum atomic E-state index is -0.813. The SMILES string of the molecule is CC(C)n1nccc1[C@@H]1OCCC[C@H]1C(=O)N1CCCC(C(=O)O)C1. The van der Waals surface area contributed by atoms with E-state index in [-0.39, 0.29) is 24.0 Å². The molecule has 2 saturated heterocycles. The lowest BCUT2D eigenvalue weighted by Crippen LogP contribution is -2.47. The minimum absolute atomic E-state index is 0.0205. The Balaban J connectivity index is 1.79. The zero-order valence-electron chi connectivity index (χ0n) is 14.9. The van der Waals surface area contributed by atoms with Crippen molar-refractivity contribution in [1.82, 2.24) is 14.7 Å². The number of rotatable bonds is 4. The quantitative estimate of drug-likeness (QED) is 0.901. The zero-order chi connectivity index (χ0) is 18.0. The molecule has 0 radical (unpaired) electrons. The lowest BCUT2D eigenvalue weighted by Gasteiger charge is -2.38. The summed E-state index contributed by atoms with van der Waals surface area (Å²) in [4.78, 5) is 26.2. The number of hydrogen-bond donors (Lipinski definition) is 1. The van der Waals surface area contributed by atoms with E-state index in [0.717, 1.165) is 25.0 Å². The number of carbonyl (C=O) groups is 2. The number of carbonyl (C=O) groups excluding carboxylic acids is 1. The number of nitrogens with zero attached hydrogens (tertiary/aromatic N) is 3. The lowest BCUT2D eigenvalue weighted by molar-refractivity contribution is -0.151. The van der Waals surface area contributed by atoms with Gasteiger partial charge in [0.1, 0.15) is 6.10 Å². The van der Waals surface area contributed by atoms with Gasteiger partial charge in [-0.2, -0.15) is 5.10 Å². The number of carboxylic acid groups (broad SMARTS) is 1. The van der Waals surface area contributed by atoms with Crippen LogP contribution in [0.3, 0.4) is 0 Å². The first kappa shape index (κ1) is 17.9. The Hall–Kier alpha value is -1.89.